The lowest BCUT2D eigenvalue weighted by Gasteiger charge is -2.15. The highest BCUT2D eigenvalue weighted by atomic mass is 16.5. The van der Waals surface area contributed by atoms with Gasteiger partial charge in [-0.2, -0.15) is 0 Å². The van der Waals surface area contributed by atoms with Gasteiger partial charge in [0.1, 0.15) is 11.9 Å². The molecule has 1 aliphatic rings. The van der Waals surface area contributed by atoms with Crippen LogP contribution in [0.2, 0.25) is 0 Å². The van der Waals surface area contributed by atoms with Crippen LogP contribution in [0.15, 0.2) is 24.4 Å². The van der Waals surface area contributed by atoms with Crippen LogP contribution in [-0.2, 0) is 6.42 Å². The van der Waals surface area contributed by atoms with Crippen LogP contribution in [0, 0.1) is 0 Å². The molecule has 1 aromatic rings. The van der Waals surface area contributed by atoms with Gasteiger partial charge >= 0.3 is 0 Å². The predicted octanol–water partition coefficient (Wildman–Crippen LogP) is 1.63. The van der Waals surface area contributed by atoms with Crippen LogP contribution in [0.3, 0.4) is 0 Å². The number of nitrogens with two attached hydrogens (primary N) is 3. The van der Waals surface area contributed by atoms with Gasteiger partial charge in [0.25, 0.3) is 0 Å². The average Bonchev–Trinajstić information content (AvgIpc) is 2.80. The first-order chi connectivity index (χ1) is 10.0. The Labute approximate surface area is 127 Å². The minimum atomic E-state index is -0.275. The lowest BCUT2D eigenvalue weighted by molar-refractivity contribution is 0.184. The number of rotatable bonds is 4. The van der Waals surface area contributed by atoms with Crippen LogP contribution in [0.1, 0.15) is 31.0 Å². The molecule has 1 aliphatic heterocycles. The number of anilines is 1. The van der Waals surface area contributed by atoms with E-state index in [4.69, 9.17) is 21.9 Å². The molecule has 0 amide bonds. The van der Waals surface area contributed by atoms with Crippen molar-refractivity contribution in [1.82, 2.24) is 4.90 Å². The largest absolute Gasteiger partial charge is 0.488 e. The monoisotopic (exact) mass is 292 g/mol. The highest BCUT2D eigenvalue weighted by molar-refractivity contribution is 5.58. The highest BCUT2D eigenvalue weighted by Crippen LogP contribution is 2.35. The summed E-state index contributed by atoms with van der Waals surface area (Å²) in [4.78, 5) is 2.11. The molecule has 0 aromatic heterocycles. The van der Waals surface area contributed by atoms with Gasteiger partial charge in [0.05, 0.1) is 6.04 Å². The number of fused-ring (bicyclic) bond motifs is 1. The Morgan fingerprint density at radius 2 is 2.05 bits per heavy atom. The molecular weight excluding hydrogens is 264 g/mol. The lowest BCUT2D eigenvalue weighted by Crippen LogP contribution is -2.29. The first kappa shape index (κ1) is 17.3. The van der Waals surface area contributed by atoms with Gasteiger partial charge < -0.3 is 26.8 Å². The number of nitrogen functional groups attached to an aromatic ring is 1. The lowest BCUT2D eigenvalue weighted by atomic mass is 10.00. The van der Waals surface area contributed by atoms with Crippen molar-refractivity contribution in [3.8, 4) is 5.75 Å². The summed E-state index contributed by atoms with van der Waals surface area (Å²) >= 11 is 0. The maximum atomic E-state index is 6.03. The quantitative estimate of drug-likeness (QED) is 0.734. The Morgan fingerprint density at radius 1 is 1.38 bits per heavy atom. The molecule has 5 heteroatoms. The smallest absolute Gasteiger partial charge is 0.125 e. The average molecular weight is 292 g/mol. The molecule has 0 radical (unpaired) electrons. The van der Waals surface area contributed by atoms with Crippen molar-refractivity contribution >= 4 is 5.69 Å². The van der Waals surface area contributed by atoms with Crippen molar-refractivity contribution in [1.29, 1.82) is 0 Å². The normalized spacial score (nSPS) is 18.1. The third-order valence-electron chi connectivity index (χ3n) is 3.25. The summed E-state index contributed by atoms with van der Waals surface area (Å²) in [7, 11) is 4.07. The van der Waals surface area contributed by atoms with Crippen molar-refractivity contribution in [3.05, 3.63) is 35.5 Å². The second-order valence-electron chi connectivity index (χ2n) is 5.21. The van der Waals surface area contributed by atoms with E-state index in [0.29, 0.717) is 5.69 Å². The summed E-state index contributed by atoms with van der Waals surface area (Å²) in [6.45, 7) is 4.89. The van der Waals surface area contributed by atoms with E-state index >= 15 is 0 Å². The molecule has 0 bridgehead atoms. The molecule has 1 heterocycles. The first-order valence-corrected chi connectivity index (χ1v) is 7.39. The molecule has 0 saturated heterocycles. The maximum Gasteiger partial charge on any atom is 0.125 e. The first-order valence-electron chi connectivity index (χ1n) is 7.39. The van der Waals surface area contributed by atoms with E-state index in [1.807, 2.05) is 40.1 Å². The summed E-state index contributed by atoms with van der Waals surface area (Å²) < 4.78 is 5.89. The van der Waals surface area contributed by atoms with E-state index in [0.717, 1.165) is 29.8 Å². The zero-order valence-electron chi connectivity index (χ0n) is 13.5. The standard InChI is InChI=1S/C14H22N4O.C2H6/c1-18(2)8-10-5-9-6-11(12(16)3-4-15)13(17)7-14(9)19-10;1-2/h3-4,6-7,10,12H,5,8,15-17H2,1-2H3;1-2H3/b4-3-;. The molecule has 2 unspecified atom stereocenters. The highest BCUT2D eigenvalue weighted by Gasteiger charge is 2.25. The zero-order valence-corrected chi connectivity index (χ0v) is 13.5. The number of nitrogens with zero attached hydrogens (tertiary/aromatic N) is 1. The number of benzene rings is 1. The van der Waals surface area contributed by atoms with E-state index in [9.17, 15) is 0 Å². The summed E-state index contributed by atoms with van der Waals surface area (Å²) in [6, 6.07) is 3.62. The Kier molecular flexibility index (Phi) is 6.52. The van der Waals surface area contributed by atoms with Crippen LogP contribution in [-0.4, -0.2) is 31.6 Å². The molecule has 5 nitrogen and oxygen atoms in total. The van der Waals surface area contributed by atoms with Crippen LogP contribution in [0.5, 0.6) is 5.75 Å². The Morgan fingerprint density at radius 3 is 2.62 bits per heavy atom. The fraction of sp³-hybridized carbons (Fsp3) is 0.500. The van der Waals surface area contributed by atoms with Gasteiger partial charge in [-0.3, -0.25) is 0 Å². The minimum Gasteiger partial charge on any atom is -0.488 e. The fourth-order valence-corrected chi connectivity index (χ4v) is 2.42. The fourth-order valence-electron chi connectivity index (χ4n) is 2.42. The zero-order chi connectivity index (χ0) is 16.0. The molecule has 2 atom stereocenters. The molecule has 118 valence electrons. The van der Waals surface area contributed by atoms with Crippen molar-refractivity contribution in [2.75, 3.05) is 26.4 Å². The molecule has 2 rings (SSSR count). The van der Waals surface area contributed by atoms with Crippen LogP contribution >= 0.6 is 0 Å². The Bertz CT molecular complexity index is 485. The van der Waals surface area contributed by atoms with Crippen molar-refractivity contribution in [3.63, 3.8) is 0 Å². The number of ether oxygens (including phenoxy) is 1. The van der Waals surface area contributed by atoms with E-state index in [1.54, 1.807) is 6.08 Å². The maximum absolute atomic E-state index is 6.03. The van der Waals surface area contributed by atoms with E-state index < -0.39 is 0 Å². The van der Waals surface area contributed by atoms with Gasteiger partial charge in [-0.05, 0) is 43.6 Å². The molecule has 0 aliphatic carbocycles. The van der Waals surface area contributed by atoms with Crippen LogP contribution in [0.4, 0.5) is 5.69 Å². The minimum absolute atomic E-state index is 0.181. The number of likely N-dealkylation sites (N-methyl/N-ethyl adjacent to an activating group) is 1. The molecule has 0 saturated carbocycles. The van der Waals surface area contributed by atoms with E-state index in [1.165, 1.54) is 6.20 Å². The third kappa shape index (κ3) is 4.37. The number of hydrogen-bond donors (Lipinski definition) is 3. The Hall–Kier alpha value is -1.72. The van der Waals surface area contributed by atoms with Crippen molar-refractivity contribution in [2.45, 2.75) is 32.4 Å². The Balaban J connectivity index is 0.00000106. The molecule has 1 aromatic carbocycles. The molecule has 0 spiro atoms. The van der Waals surface area contributed by atoms with Gasteiger partial charge in [-0.25, -0.2) is 0 Å². The third-order valence-corrected chi connectivity index (χ3v) is 3.25. The predicted molar refractivity (Wildman–Crippen MR) is 89.1 cm³/mol. The van der Waals surface area contributed by atoms with Gasteiger partial charge in [0, 0.05) is 24.7 Å². The number of hydrogen-bond acceptors (Lipinski definition) is 5. The van der Waals surface area contributed by atoms with E-state index in [2.05, 4.69) is 4.90 Å². The SMILES string of the molecule is CC.CN(C)CC1Cc2cc(C(N)/C=C\N)c(N)cc2O1. The molecular formula is C16H28N4O. The van der Waals surface area contributed by atoms with Crippen LogP contribution in [0.25, 0.3) is 0 Å². The van der Waals surface area contributed by atoms with E-state index in [-0.39, 0.29) is 12.1 Å². The molecule has 0 fully saturated rings. The van der Waals surface area contributed by atoms with Gasteiger partial charge in [-0.1, -0.05) is 13.8 Å². The summed E-state index contributed by atoms with van der Waals surface area (Å²) in [5.74, 6) is 0.872. The van der Waals surface area contributed by atoms with Gasteiger partial charge in [0.15, 0.2) is 0 Å². The van der Waals surface area contributed by atoms with Crippen molar-refractivity contribution in [2.24, 2.45) is 11.5 Å². The van der Waals surface area contributed by atoms with Crippen molar-refractivity contribution < 1.29 is 4.74 Å². The van der Waals surface area contributed by atoms with Crippen LogP contribution < -0.4 is 21.9 Å². The summed E-state index contributed by atoms with van der Waals surface area (Å²) in [5.41, 5.74) is 20.1. The topological polar surface area (TPSA) is 90.5 Å². The van der Waals surface area contributed by atoms with Gasteiger partial charge in [0.2, 0.25) is 0 Å². The summed E-state index contributed by atoms with van der Waals surface area (Å²) in [6.07, 6.45) is 4.24. The second kappa shape index (κ2) is 7.90. The molecule has 21 heavy (non-hydrogen) atoms. The second-order valence-corrected chi connectivity index (χ2v) is 5.21. The molecule has 6 N–H and O–H groups in total. The van der Waals surface area contributed by atoms with Gasteiger partial charge in [-0.15, -0.1) is 0 Å². The summed E-state index contributed by atoms with van der Waals surface area (Å²) in [5, 5.41) is 0.